The molecule has 0 radical (unpaired) electrons. The minimum atomic E-state index is -0.604. The Morgan fingerprint density at radius 1 is 1.24 bits per heavy atom. The van der Waals surface area contributed by atoms with E-state index >= 15 is 0 Å². The average molecular weight is 360 g/mol. The van der Waals surface area contributed by atoms with Gasteiger partial charge in [0.05, 0.1) is 12.7 Å². The smallest absolute Gasteiger partial charge is 0.258 e. The zero-order chi connectivity index (χ0) is 17.8. The quantitative estimate of drug-likeness (QED) is 0.725. The van der Waals surface area contributed by atoms with E-state index < -0.39 is 5.91 Å². The fourth-order valence-corrected chi connectivity index (χ4v) is 2.24. The highest BCUT2D eigenvalue weighted by molar-refractivity contribution is 6.30. The molecule has 1 aromatic heterocycles. The first-order valence-corrected chi connectivity index (χ1v) is 7.64. The monoisotopic (exact) mass is 359 g/mol. The Bertz CT molecular complexity index is 893. The molecule has 0 aliphatic rings. The Morgan fingerprint density at radius 2 is 2.00 bits per heavy atom. The van der Waals surface area contributed by atoms with Crippen molar-refractivity contribution in [2.75, 3.05) is 7.11 Å². The Kier molecular flexibility index (Phi) is 4.85. The number of halogens is 1. The molecule has 0 bridgehead atoms. The highest BCUT2D eigenvalue weighted by atomic mass is 35.5. The van der Waals surface area contributed by atoms with Gasteiger partial charge in [-0.05, 0) is 36.4 Å². The average Bonchev–Trinajstić information content (AvgIpc) is 3.09. The molecule has 0 atom stereocenters. The summed E-state index contributed by atoms with van der Waals surface area (Å²) in [5, 5.41) is 4.47. The van der Waals surface area contributed by atoms with Crippen molar-refractivity contribution in [3.63, 3.8) is 0 Å². The van der Waals surface area contributed by atoms with Gasteiger partial charge in [0.25, 0.3) is 11.8 Å². The maximum atomic E-state index is 11.5. The molecule has 0 unspecified atom stereocenters. The summed E-state index contributed by atoms with van der Waals surface area (Å²) >= 11 is 5.85. The number of hydrogen-bond donors (Lipinski definition) is 1. The van der Waals surface area contributed by atoms with E-state index in [1.807, 2.05) is 0 Å². The van der Waals surface area contributed by atoms with E-state index in [0.29, 0.717) is 22.5 Å². The topological polar surface area (TPSA) is 100 Å². The van der Waals surface area contributed by atoms with Gasteiger partial charge in [0.1, 0.15) is 11.5 Å². The van der Waals surface area contributed by atoms with Crippen molar-refractivity contribution in [2.45, 2.75) is 6.61 Å². The van der Waals surface area contributed by atoms with E-state index in [1.165, 1.54) is 13.2 Å². The van der Waals surface area contributed by atoms with Gasteiger partial charge in [-0.2, -0.15) is 4.98 Å². The van der Waals surface area contributed by atoms with Crippen molar-refractivity contribution in [1.82, 2.24) is 10.1 Å². The minimum absolute atomic E-state index is 0.00450. The zero-order valence-electron chi connectivity index (χ0n) is 13.2. The van der Waals surface area contributed by atoms with Crippen molar-refractivity contribution >= 4 is 17.5 Å². The third-order valence-electron chi connectivity index (χ3n) is 3.37. The summed E-state index contributed by atoms with van der Waals surface area (Å²) < 4.78 is 15.9. The molecule has 0 saturated heterocycles. The predicted octanol–water partition coefficient (Wildman–Crippen LogP) is 3.08. The number of carbonyl (C=O) groups is 1. The van der Waals surface area contributed by atoms with Gasteiger partial charge in [0.15, 0.2) is 6.61 Å². The van der Waals surface area contributed by atoms with Gasteiger partial charge < -0.3 is 19.7 Å². The number of primary amides is 1. The van der Waals surface area contributed by atoms with Crippen LogP contribution in [0.25, 0.3) is 11.5 Å². The fourth-order valence-electron chi connectivity index (χ4n) is 2.12. The van der Waals surface area contributed by atoms with Gasteiger partial charge in [0.2, 0.25) is 5.82 Å². The van der Waals surface area contributed by atoms with Crippen LogP contribution in [0.2, 0.25) is 5.02 Å². The van der Waals surface area contributed by atoms with Gasteiger partial charge >= 0.3 is 0 Å². The second-order valence-corrected chi connectivity index (χ2v) is 5.47. The summed E-state index contributed by atoms with van der Waals surface area (Å²) in [7, 11) is 1.51. The summed E-state index contributed by atoms with van der Waals surface area (Å²) in [6, 6.07) is 11.7. The first-order valence-electron chi connectivity index (χ1n) is 7.26. The van der Waals surface area contributed by atoms with E-state index in [4.69, 9.17) is 31.3 Å². The fraction of sp³-hybridized carbons (Fsp3) is 0.118. The van der Waals surface area contributed by atoms with Crippen molar-refractivity contribution in [3.05, 3.63) is 58.9 Å². The number of nitrogens with two attached hydrogens (primary N) is 1. The van der Waals surface area contributed by atoms with E-state index in [-0.39, 0.29) is 17.9 Å². The summed E-state index contributed by atoms with van der Waals surface area (Å²) in [5.41, 5.74) is 6.32. The molecule has 7 nitrogen and oxygen atoms in total. The van der Waals surface area contributed by atoms with Gasteiger partial charge in [0, 0.05) is 16.7 Å². The molecule has 0 fully saturated rings. The van der Waals surface area contributed by atoms with Crippen molar-refractivity contribution in [3.8, 4) is 23.0 Å². The van der Waals surface area contributed by atoms with Crippen molar-refractivity contribution in [1.29, 1.82) is 0 Å². The third-order valence-corrected chi connectivity index (χ3v) is 3.62. The molecule has 0 aliphatic heterocycles. The largest absolute Gasteiger partial charge is 0.497 e. The van der Waals surface area contributed by atoms with Crippen LogP contribution in [0.4, 0.5) is 0 Å². The molecule has 2 aromatic carbocycles. The lowest BCUT2D eigenvalue weighted by Gasteiger charge is -2.09. The normalized spacial score (nSPS) is 10.5. The molecule has 8 heteroatoms. The summed E-state index contributed by atoms with van der Waals surface area (Å²) in [6.45, 7) is 0.00450. The summed E-state index contributed by atoms with van der Waals surface area (Å²) in [5.74, 6) is 0.881. The Morgan fingerprint density at radius 3 is 2.68 bits per heavy atom. The Balaban J connectivity index is 1.76. The van der Waals surface area contributed by atoms with Crippen LogP contribution in [-0.2, 0) is 6.61 Å². The summed E-state index contributed by atoms with van der Waals surface area (Å²) in [6.07, 6.45) is 0. The second kappa shape index (κ2) is 7.23. The van der Waals surface area contributed by atoms with Crippen LogP contribution < -0.4 is 15.2 Å². The predicted molar refractivity (Wildman–Crippen MR) is 90.6 cm³/mol. The van der Waals surface area contributed by atoms with Gasteiger partial charge in [-0.25, -0.2) is 0 Å². The molecule has 128 valence electrons. The highest BCUT2D eigenvalue weighted by Crippen LogP contribution is 2.26. The molecule has 3 rings (SSSR count). The summed E-state index contributed by atoms with van der Waals surface area (Å²) in [4.78, 5) is 15.7. The zero-order valence-corrected chi connectivity index (χ0v) is 14.0. The number of ether oxygens (including phenoxy) is 2. The lowest BCUT2D eigenvalue weighted by atomic mass is 10.2. The molecule has 1 amide bonds. The minimum Gasteiger partial charge on any atom is -0.497 e. The lowest BCUT2D eigenvalue weighted by Crippen LogP contribution is -2.13. The Labute approximate surface area is 148 Å². The van der Waals surface area contributed by atoms with Crippen LogP contribution in [0.3, 0.4) is 0 Å². The van der Waals surface area contributed by atoms with Crippen LogP contribution in [-0.4, -0.2) is 23.2 Å². The van der Waals surface area contributed by atoms with E-state index in [2.05, 4.69) is 10.1 Å². The van der Waals surface area contributed by atoms with Crippen molar-refractivity contribution < 1.29 is 18.8 Å². The number of carbonyl (C=O) groups excluding carboxylic acids is 1. The number of rotatable bonds is 6. The van der Waals surface area contributed by atoms with Crippen LogP contribution in [0.5, 0.6) is 11.5 Å². The van der Waals surface area contributed by atoms with E-state index in [9.17, 15) is 4.79 Å². The number of nitrogens with zero attached hydrogens (tertiary/aromatic N) is 2. The first kappa shape index (κ1) is 16.8. The first-order chi connectivity index (χ1) is 12.1. The molecule has 2 N–H and O–H groups in total. The van der Waals surface area contributed by atoms with Crippen LogP contribution >= 0.6 is 11.6 Å². The van der Waals surface area contributed by atoms with Crippen LogP contribution in [0, 0.1) is 0 Å². The van der Waals surface area contributed by atoms with Gasteiger partial charge in [-0.1, -0.05) is 16.8 Å². The van der Waals surface area contributed by atoms with Crippen LogP contribution in [0.15, 0.2) is 47.0 Å². The number of aromatic nitrogens is 2. The standard InChI is InChI=1S/C17H14ClN3O4/c1-23-12-6-7-13(16(19)22)14(8-12)24-9-15-20-17(25-21-15)10-2-4-11(18)5-3-10/h2-8H,9H2,1H3,(H2,19,22). The molecule has 1 heterocycles. The van der Waals surface area contributed by atoms with E-state index in [0.717, 1.165) is 5.56 Å². The molecule has 3 aromatic rings. The lowest BCUT2D eigenvalue weighted by molar-refractivity contribution is 0.0995. The molecular weight excluding hydrogens is 346 g/mol. The van der Waals surface area contributed by atoms with Crippen LogP contribution in [0.1, 0.15) is 16.2 Å². The molecule has 25 heavy (non-hydrogen) atoms. The SMILES string of the molecule is COc1ccc(C(N)=O)c(OCc2noc(-c3ccc(Cl)cc3)n2)c1. The second-order valence-electron chi connectivity index (χ2n) is 5.04. The van der Waals surface area contributed by atoms with E-state index in [1.54, 1.807) is 36.4 Å². The number of hydrogen-bond acceptors (Lipinski definition) is 6. The third kappa shape index (κ3) is 3.89. The Hall–Kier alpha value is -3.06. The molecular formula is C17H14ClN3O4. The maximum Gasteiger partial charge on any atom is 0.258 e. The number of amides is 1. The highest BCUT2D eigenvalue weighted by Gasteiger charge is 2.14. The van der Waals surface area contributed by atoms with Gasteiger partial charge in [-0.15, -0.1) is 0 Å². The van der Waals surface area contributed by atoms with Crippen molar-refractivity contribution in [2.24, 2.45) is 5.73 Å². The molecule has 0 aliphatic carbocycles. The number of methoxy groups -OCH3 is 1. The molecule has 0 spiro atoms. The van der Waals surface area contributed by atoms with Gasteiger partial charge in [-0.3, -0.25) is 4.79 Å². The number of benzene rings is 2. The molecule has 0 saturated carbocycles. The maximum absolute atomic E-state index is 11.5.